The van der Waals surface area contributed by atoms with Crippen LogP contribution in [0.5, 0.6) is 0 Å². The Morgan fingerprint density at radius 3 is 2.65 bits per heavy atom. The highest BCUT2D eigenvalue weighted by molar-refractivity contribution is 5.92. The van der Waals surface area contributed by atoms with Gasteiger partial charge in [-0.2, -0.15) is 5.10 Å². The Bertz CT molecular complexity index is 704. The molecular formula is C18H22FN3O. The Balaban J connectivity index is 1.87. The molecule has 0 aliphatic heterocycles. The van der Waals surface area contributed by atoms with Crippen molar-refractivity contribution in [2.24, 2.45) is 0 Å². The Kier molecular flexibility index (Phi) is 4.46. The molecule has 5 heteroatoms. The van der Waals surface area contributed by atoms with Crippen molar-refractivity contribution >= 4 is 5.91 Å². The molecule has 0 bridgehead atoms. The highest BCUT2D eigenvalue weighted by Gasteiger charge is 2.29. The summed E-state index contributed by atoms with van der Waals surface area (Å²) in [5.74, 6) is -0.348. The second-order valence-electron chi connectivity index (χ2n) is 6.39. The first-order chi connectivity index (χ1) is 11.0. The lowest BCUT2D eigenvalue weighted by atomic mass is 10.1. The van der Waals surface area contributed by atoms with Crippen molar-refractivity contribution in [2.45, 2.75) is 52.1 Å². The number of aromatic nitrogens is 2. The molecule has 0 saturated heterocycles. The van der Waals surface area contributed by atoms with Gasteiger partial charge in [-0.15, -0.1) is 0 Å². The summed E-state index contributed by atoms with van der Waals surface area (Å²) in [5.41, 5.74) is 2.70. The third-order valence-electron chi connectivity index (χ3n) is 4.51. The van der Waals surface area contributed by atoms with Gasteiger partial charge in [0.25, 0.3) is 5.91 Å². The van der Waals surface area contributed by atoms with E-state index in [2.05, 4.69) is 10.2 Å². The topological polar surface area (TPSA) is 49.0 Å². The molecule has 1 amide bonds. The first-order valence-electron chi connectivity index (χ1n) is 8.12. The van der Waals surface area contributed by atoms with Gasteiger partial charge in [-0.3, -0.25) is 9.89 Å². The molecule has 1 N–H and O–H groups in total. The van der Waals surface area contributed by atoms with E-state index in [0.717, 1.165) is 36.9 Å². The molecule has 0 radical (unpaired) electrons. The summed E-state index contributed by atoms with van der Waals surface area (Å²) < 4.78 is 14.2. The van der Waals surface area contributed by atoms with Gasteiger partial charge < -0.3 is 4.90 Å². The van der Waals surface area contributed by atoms with Gasteiger partial charge in [0.05, 0.1) is 5.69 Å². The molecule has 1 aliphatic carbocycles. The van der Waals surface area contributed by atoms with Crippen LogP contribution in [-0.2, 0) is 6.54 Å². The van der Waals surface area contributed by atoms with Crippen LogP contribution in [0.25, 0.3) is 0 Å². The number of hydrogen-bond acceptors (Lipinski definition) is 2. The number of halogens is 1. The predicted molar refractivity (Wildman–Crippen MR) is 86.6 cm³/mol. The first kappa shape index (κ1) is 15.7. The van der Waals surface area contributed by atoms with Gasteiger partial charge >= 0.3 is 0 Å². The molecule has 23 heavy (non-hydrogen) atoms. The number of carbonyl (C=O) groups is 1. The number of carbonyl (C=O) groups excluding carboxylic acids is 1. The molecule has 4 nitrogen and oxygen atoms in total. The van der Waals surface area contributed by atoms with E-state index < -0.39 is 0 Å². The lowest BCUT2D eigenvalue weighted by Gasteiger charge is -2.29. The summed E-state index contributed by atoms with van der Waals surface area (Å²) >= 11 is 0. The minimum absolute atomic E-state index is 0.0996. The summed E-state index contributed by atoms with van der Waals surface area (Å²) in [4.78, 5) is 14.7. The van der Waals surface area contributed by atoms with Gasteiger partial charge in [-0.25, -0.2) is 4.39 Å². The van der Waals surface area contributed by atoms with Crippen LogP contribution in [0.4, 0.5) is 4.39 Å². The fraction of sp³-hybridized carbons (Fsp3) is 0.444. The lowest BCUT2D eigenvalue weighted by Crippen LogP contribution is -2.38. The molecular weight excluding hydrogens is 293 g/mol. The maximum Gasteiger partial charge on any atom is 0.272 e. The van der Waals surface area contributed by atoms with Gasteiger partial charge in [0, 0.05) is 18.2 Å². The highest BCUT2D eigenvalue weighted by atomic mass is 19.1. The number of aromatic amines is 1. The fourth-order valence-electron chi connectivity index (χ4n) is 3.23. The number of aryl methyl sites for hydroxylation is 2. The van der Waals surface area contributed by atoms with Crippen molar-refractivity contribution in [3.05, 3.63) is 52.6 Å². The molecule has 0 unspecified atom stereocenters. The van der Waals surface area contributed by atoms with E-state index in [0.29, 0.717) is 17.8 Å². The normalized spacial score (nSPS) is 15.1. The van der Waals surface area contributed by atoms with Crippen LogP contribution in [-0.4, -0.2) is 27.0 Å². The molecule has 1 aliphatic rings. The Labute approximate surface area is 135 Å². The Hall–Kier alpha value is -2.17. The van der Waals surface area contributed by atoms with Crippen LogP contribution >= 0.6 is 0 Å². The molecule has 1 fully saturated rings. The summed E-state index contributed by atoms with van der Waals surface area (Å²) in [5, 5.41) is 6.82. The number of H-pyrrole nitrogens is 1. The van der Waals surface area contributed by atoms with Crippen LogP contribution in [0.2, 0.25) is 0 Å². The number of rotatable bonds is 4. The third-order valence-corrected chi connectivity index (χ3v) is 4.51. The molecule has 1 heterocycles. The number of nitrogens with zero attached hydrogens (tertiary/aromatic N) is 2. The zero-order valence-electron chi connectivity index (χ0n) is 13.6. The minimum Gasteiger partial charge on any atom is -0.330 e. The summed E-state index contributed by atoms with van der Waals surface area (Å²) in [6.07, 6.45) is 4.19. The van der Waals surface area contributed by atoms with Gasteiger partial charge in [-0.05, 0) is 44.4 Å². The molecule has 2 aromatic rings. The van der Waals surface area contributed by atoms with Crippen molar-refractivity contribution in [1.29, 1.82) is 0 Å². The molecule has 1 aromatic carbocycles. The maximum absolute atomic E-state index is 14.2. The van der Waals surface area contributed by atoms with Gasteiger partial charge in [0.15, 0.2) is 0 Å². The molecule has 122 valence electrons. The van der Waals surface area contributed by atoms with Crippen LogP contribution in [0, 0.1) is 19.7 Å². The number of hydrogen-bond donors (Lipinski definition) is 1. The minimum atomic E-state index is -0.249. The van der Waals surface area contributed by atoms with E-state index in [-0.39, 0.29) is 17.8 Å². The van der Waals surface area contributed by atoms with E-state index in [1.807, 2.05) is 19.9 Å². The maximum atomic E-state index is 14.2. The van der Waals surface area contributed by atoms with Crippen molar-refractivity contribution < 1.29 is 9.18 Å². The van der Waals surface area contributed by atoms with Crippen LogP contribution in [0.3, 0.4) is 0 Å². The summed E-state index contributed by atoms with van der Waals surface area (Å²) in [6.45, 7) is 4.00. The van der Waals surface area contributed by atoms with E-state index in [1.54, 1.807) is 17.0 Å². The van der Waals surface area contributed by atoms with E-state index in [1.165, 1.54) is 6.07 Å². The molecule has 0 spiro atoms. The second kappa shape index (κ2) is 6.52. The van der Waals surface area contributed by atoms with Gasteiger partial charge in [-0.1, -0.05) is 25.0 Å². The standard InChI is InChI=1S/C18H22FN3O/c1-12-7-8-14(16(19)9-12)11-22(15-5-3-4-6-15)18(23)17-10-13(2)20-21-17/h7-10,15H,3-6,11H2,1-2H3,(H,20,21). The zero-order chi connectivity index (χ0) is 16.4. The second-order valence-corrected chi connectivity index (χ2v) is 6.39. The van der Waals surface area contributed by atoms with E-state index >= 15 is 0 Å². The quantitative estimate of drug-likeness (QED) is 0.934. The predicted octanol–water partition coefficient (Wildman–Crippen LogP) is 3.75. The van der Waals surface area contributed by atoms with Crippen molar-refractivity contribution in [2.75, 3.05) is 0 Å². The van der Waals surface area contributed by atoms with Crippen LogP contribution < -0.4 is 0 Å². The largest absolute Gasteiger partial charge is 0.330 e. The van der Waals surface area contributed by atoms with Gasteiger partial charge in [0.2, 0.25) is 0 Å². The number of nitrogens with one attached hydrogen (secondary N) is 1. The fourth-order valence-corrected chi connectivity index (χ4v) is 3.23. The van der Waals surface area contributed by atoms with Crippen molar-refractivity contribution in [3.8, 4) is 0 Å². The van der Waals surface area contributed by atoms with Crippen molar-refractivity contribution in [3.63, 3.8) is 0 Å². The number of benzene rings is 1. The first-order valence-corrected chi connectivity index (χ1v) is 8.12. The molecule has 3 rings (SSSR count). The Morgan fingerprint density at radius 2 is 2.04 bits per heavy atom. The summed E-state index contributed by atoms with van der Waals surface area (Å²) in [7, 11) is 0. The van der Waals surface area contributed by atoms with E-state index in [4.69, 9.17) is 0 Å². The Morgan fingerprint density at radius 1 is 1.30 bits per heavy atom. The molecule has 0 atom stereocenters. The summed E-state index contributed by atoms with van der Waals surface area (Å²) in [6, 6.07) is 7.10. The average Bonchev–Trinajstić information content (AvgIpc) is 3.17. The smallest absolute Gasteiger partial charge is 0.272 e. The lowest BCUT2D eigenvalue weighted by molar-refractivity contribution is 0.0656. The van der Waals surface area contributed by atoms with Crippen molar-refractivity contribution in [1.82, 2.24) is 15.1 Å². The molecule has 1 saturated carbocycles. The third kappa shape index (κ3) is 3.44. The number of amides is 1. The SMILES string of the molecule is Cc1ccc(CN(C(=O)c2cc(C)n[nH]2)C2CCCC2)c(F)c1. The monoisotopic (exact) mass is 315 g/mol. The average molecular weight is 315 g/mol. The highest BCUT2D eigenvalue weighted by Crippen LogP contribution is 2.27. The van der Waals surface area contributed by atoms with E-state index in [9.17, 15) is 9.18 Å². The zero-order valence-corrected chi connectivity index (χ0v) is 13.6. The van der Waals surface area contributed by atoms with Crippen LogP contribution in [0.1, 0.15) is 53.0 Å². The van der Waals surface area contributed by atoms with Gasteiger partial charge in [0.1, 0.15) is 11.5 Å². The molecule has 1 aromatic heterocycles. The van der Waals surface area contributed by atoms with Crippen LogP contribution in [0.15, 0.2) is 24.3 Å².